The van der Waals surface area contributed by atoms with Crippen molar-refractivity contribution in [2.45, 2.75) is 6.92 Å². The Labute approximate surface area is 133 Å². The minimum atomic E-state index is 0.723. The third-order valence-corrected chi connectivity index (χ3v) is 4.64. The molecule has 0 saturated carbocycles. The molecule has 2 heterocycles. The summed E-state index contributed by atoms with van der Waals surface area (Å²) in [7, 11) is 0. The lowest BCUT2D eigenvalue weighted by Gasteiger charge is -2.19. The van der Waals surface area contributed by atoms with E-state index in [1.807, 2.05) is 6.07 Å². The first-order valence-corrected chi connectivity index (χ1v) is 8.21. The molecule has 0 amide bonds. The van der Waals surface area contributed by atoms with E-state index in [0.717, 1.165) is 40.9 Å². The van der Waals surface area contributed by atoms with Crippen molar-refractivity contribution in [1.82, 2.24) is 4.98 Å². The van der Waals surface area contributed by atoms with Crippen molar-refractivity contribution in [2.75, 3.05) is 18.5 Å². The monoisotopic (exact) mass is 308 g/mol. The number of aromatic nitrogens is 1. The molecule has 3 nitrogen and oxygen atoms in total. The van der Waals surface area contributed by atoms with Gasteiger partial charge >= 0.3 is 0 Å². The van der Waals surface area contributed by atoms with Crippen LogP contribution in [-0.2, 0) is 0 Å². The molecule has 0 unspecified atom stereocenters. The van der Waals surface area contributed by atoms with Crippen molar-refractivity contribution in [2.24, 2.45) is 0 Å². The third-order valence-electron chi connectivity index (χ3n) is 3.75. The Morgan fingerprint density at radius 2 is 1.91 bits per heavy atom. The Morgan fingerprint density at radius 3 is 2.77 bits per heavy atom. The van der Waals surface area contributed by atoms with E-state index in [1.165, 1.54) is 11.1 Å². The Bertz CT molecular complexity index is 808. The molecule has 22 heavy (non-hydrogen) atoms. The van der Waals surface area contributed by atoms with Crippen molar-refractivity contribution in [3.05, 3.63) is 53.4 Å². The zero-order valence-electron chi connectivity index (χ0n) is 12.3. The van der Waals surface area contributed by atoms with Crippen LogP contribution in [0.15, 0.2) is 47.8 Å². The van der Waals surface area contributed by atoms with Gasteiger partial charge in [-0.15, -0.1) is 11.3 Å². The third kappa shape index (κ3) is 2.46. The molecule has 4 heteroatoms. The molecular weight excluding hydrogens is 292 g/mol. The van der Waals surface area contributed by atoms with Crippen LogP contribution in [0.3, 0.4) is 0 Å². The van der Waals surface area contributed by atoms with Gasteiger partial charge in [0.05, 0.1) is 11.4 Å². The van der Waals surface area contributed by atoms with Crippen LogP contribution in [0.25, 0.3) is 21.8 Å². The van der Waals surface area contributed by atoms with Gasteiger partial charge in [0.2, 0.25) is 0 Å². The molecule has 1 aromatic heterocycles. The standard InChI is InChI=1S/C18H16N2OS/c1-12-2-4-13(5-3-12)18-20-16(11-22-18)14-6-7-17-15(10-14)19-8-9-21-17/h2-7,10-11,19H,8-9H2,1H3. The van der Waals surface area contributed by atoms with Crippen LogP contribution >= 0.6 is 11.3 Å². The molecule has 1 aliphatic rings. The predicted molar refractivity (Wildman–Crippen MR) is 91.7 cm³/mol. The Balaban J connectivity index is 1.68. The molecule has 0 aliphatic carbocycles. The van der Waals surface area contributed by atoms with Gasteiger partial charge in [0.1, 0.15) is 17.4 Å². The molecule has 0 saturated heterocycles. The number of nitrogens with zero attached hydrogens (tertiary/aromatic N) is 1. The van der Waals surface area contributed by atoms with Crippen LogP contribution in [0.4, 0.5) is 5.69 Å². The van der Waals surface area contributed by atoms with E-state index in [9.17, 15) is 0 Å². The first-order chi connectivity index (χ1) is 10.8. The predicted octanol–water partition coefficient (Wildman–Crippen LogP) is 4.59. The average molecular weight is 308 g/mol. The summed E-state index contributed by atoms with van der Waals surface area (Å²) < 4.78 is 5.62. The number of fused-ring (bicyclic) bond motifs is 1. The highest BCUT2D eigenvalue weighted by molar-refractivity contribution is 7.13. The summed E-state index contributed by atoms with van der Waals surface area (Å²) in [5.74, 6) is 0.920. The van der Waals surface area contributed by atoms with Gasteiger partial charge in [0, 0.05) is 23.1 Å². The molecular formula is C18H16N2OS. The van der Waals surface area contributed by atoms with E-state index in [1.54, 1.807) is 11.3 Å². The fourth-order valence-electron chi connectivity index (χ4n) is 2.54. The summed E-state index contributed by atoms with van der Waals surface area (Å²) >= 11 is 1.68. The largest absolute Gasteiger partial charge is 0.490 e. The number of thiazole rings is 1. The molecule has 110 valence electrons. The second kappa shape index (κ2) is 5.46. The smallest absolute Gasteiger partial charge is 0.142 e. The van der Waals surface area contributed by atoms with Gasteiger partial charge in [-0.2, -0.15) is 0 Å². The number of hydrogen-bond acceptors (Lipinski definition) is 4. The minimum absolute atomic E-state index is 0.723. The van der Waals surface area contributed by atoms with Crippen LogP contribution in [-0.4, -0.2) is 18.1 Å². The molecule has 0 fully saturated rings. The molecule has 0 bridgehead atoms. The summed E-state index contributed by atoms with van der Waals surface area (Å²) in [6, 6.07) is 14.7. The molecule has 2 aromatic carbocycles. The number of benzene rings is 2. The highest BCUT2D eigenvalue weighted by Crippen LogP contribution is 2.34. The topological polar surface area (TPSA) is 34.2 Å². The maximum atomic E-state index is 5.62. The number of aryl methyl sites for hydroxylation is 1. The highest BCUT2D eigenvalue weighted by Gasteiger charge is 2.12. The summed E-state index contributed by atoms with van der Waals surface area (Å²) in [4.78, 5) is 4.78. The van der Waals surface area contributed by atoms with Gasteiger partial charge in [-0.25, -0.2) is 4.98 Å². The summed E-state index contributed by atoms with van der Waals surface area (Å²) in [6.07, 6.45) is 0. The first kappa shape index (κ1) is 13.3. The Kier molecular flexibility index (Phi) is 3.31. The van der Waals surface area contributed by atoms with Crippen LogP contribution in [0.1, 0.15) is 5.56 Å². The first-order valence-electron chi connectivity index (χ1n) is 7.33. The summed E-state index contributed by atoms with van der Waals surface area (Å²) in [5, 5.41) is 6.53. The van der Waals surface area contributed by atoms with Gasteiger partial charge in [-0.1, -0.05) is 29.8 Å². The van der Waals surface area contributed by atoms with Crippen molar-refractivity contribution in [3.63, 3.8) is 0 Å². The minimum Gasteiger partial charge on any atom is -0.490 e. The fraction of sp³-hybridized carbons (Fsp3) is 0.167. The second-order valence-corrected chi connectivity index (χ2v) is 6.25. The number of nitrogens with one attached hydrogen (secondary N) is 1. The van der Waals surface area contributed by atoms with Crippen LogP contribution in [0, 0.1) is 6.92 Å². The maximum absolute atomic E-state index is 5.62. The van der Waals surface area contributed by atoms with E-state index in [4.69, 9.17) is 9.72 Å². The molecule has 1 aliphatic heterocycles. The van der Waals surface area contributed by atoms with Gasteiger partial charge in [-0.3, -0.25) is 0 Å². The average Bonchev–Trinajstić information content (AvgIpc) is 3.05. The highest BCUT2D eigenvalue weighted by atomic mass is 32.1. The van der Waals surface area contributed by atoms with E-state index in [2.05, 4.69) is 54.0 Å². The van der Waals surface area contributed by atoms with Gasteiger partial charge < -0.3 is 10.1 Å². The van der Waals surface area contributed by atoms with Crippen molar-refractivity contribution < 1.29 is 4.74 Å². The van der Waals surface area contributed by atoms with Gasteiger partial charge in [0.25, 0.3) is 0 Å². The lowest BCUT2D eigenvalue weighted by Crippen LogP contribution is -2.17. The number of hydrogen-bond donors (Lipinski definition) is 1. The van der Waals surface area contributed by atoms with E-state index >= 15 is 0 Å². The lowest BCUT2D eigenvalue weighted by atomic mass is 10.1. The van der Waals surface area contributed by atoms with Crippen LogP contribution in [0.2, 0.25) is 0 Å². The molecule has 1 N–H and O–H groups in total. The quantitative estimate of drug-likeness (QED) is 0.752. The number of ether oxygens (including phenoxy) is 1. The van der Waals surface area contributed by atoms with Crippen LogP contribution in [0.5, 0.6) is 5.75 Å². The fourth-order valence-corrected chi connectivity index (χ4v) is 3.37. The molecule has 0 spiro atoms. The normalized spacial score (nSPS) is 13.1. The van der Waals surface area contributed by atoms with Crippen molar-refractivity contribution >= 4 is 17.0 Å². The number of anilines is 1. The maximum Gasteiger partial charge on any atom is 0.142 e. The second-order valence-electron chi connectivity index (χ2n) is 5.39. The Morgan fingerprint density at radius 1 is 1.09 bits per heavy atom. The summed E-state index contributed by atoms with van der Waals surface area (Å²) in [5.41, 5.74) is 5.61. The molecule has 0 radical (unpaired) electrons. The number of rotatable bonds is 2. The molecule has 4 rings (SSSR count). The lowest BCUT2D eigenvalue weighted by molar-refractivity contribution is 0.323. The SMILES string of the molecule is Cc1ccc(-c2nc(-c3ccc4c(c3)NCCO4)cs2)cc1. The van der Waals surface area contributed by atoms with Gasteiger partial charge in [0.15, 0.2) is 0 Å². The van der Waals surface area contributed by atoms with Crippen molar-refractivity contribution in [1.29, 1.82) is 0 Å². The zero-order chi connectivity index (χ0) is 14.9. The molecule has 0 atom stereocenters. The van der Waals surface area contributed by atoms with E-state index < -0.39 is 0 Å². The van der Waals surface area contributed by atoms with E-state index in [-0.39, 0.29) is 0 Å². The summed E-state index contributed by atoms with van der Waals surface area (Å²) in [6.45, 7) is 3.67. The van der Waals surface area contributed by atoms with E-state index in [0.29, 0.717) is 0 Å². The van der Waals surface area contributed by atoms with Crippen LogP contribution < -0.4 is 10.1 Å². The molecule has 3 aromatic rings. The van der Waals surface area contributed by atoms with Crippen molar-refractivity contribution in [3.8, 4) is 27.6 Å². The zero-order valence-corrected chi connectivity index (χ0v) is 13.1. The van der Waals surface area contributed by atoms with Gasteiger partial charge in [-0.05, 0) is 25.1 Å². The Hall–Kier alpha value is -2.33.